The Morgan fingerprint density at radius 2 is 2.06 bits per heavy atom. The average molecular weight is 520 g/mol. The van der Waals surface area contributed by atoms with Crippen LogP contribution < -0.4 is 0 Å². The van der Waals surface area contributed by atoms with Crippen molar-refractivity contribution in [3.8, 4) is 0 Å². The second-order valence-corrected chi connectivity index (χ2v) is 12.6. The molecule has 2 atom stereocenters. The molecule has 2 saturated heterocycles. The van der Waals surface area contributed by atoms with Gasteiger partial charge in [0.2, 0.25) is 10.0 Å². The van der Waals surface area contributed by atoms with E-state index in [1.54, 1.807) is 28.2 Å². The number of hydrogen-bond donors (Lipinski definition) is 0. The lowest BCUT2D eigenvalue weighted by atomic mass is 10.0. The van der Waals surface area contributed by atoms with Gasteiger partial charge in [-0.2, -0.15) is 4.31 Å². The van der Waals surface area contributed by atoms with Gasteiger partial charge in [0.1, 0.15) is 0 Å². The topological polar surface area (TPSA) is 64.4 Å². The molecule has 2 fully saturated rings. The van der Waals surface area contributed by atoms with Gasteiger partial charge in [-0.25, -0.2) is 13.4 Å². The monoisotopic (exact) mass is 519 g/mol. The number of imidazole rings is 1. The molecule has 0 radical (unpaired) electrons. The summed E-state index contributed by atoms with van der Waals surface area (Å²) in [6.45, 7) is 4.78. The van der Waals surface area contributed by atoms with Crippen molar-refractivity contribution < 1.29 is 13.2 Å². The summed E-state index contributed by atoms with van der Waals surface area (Å²) in [7, 11) is -3.53. The predicted molar refractivity (Wildman–Crippen MR) is 137 cm³/mol. The summed E-state index contributed by atoms with van der Waals surface area (Å²) in [5, 5.41) is 1.58. The number of nitrogens with zero attached hydrogens (tertiary/aromatic N) is 3. The Hall–Kier alpha value is -1.58. The van der Waals surface area contributed by atoms with Crippen LogP contribution in [0.15, 0.2) is 52.5 Å². The van der Waals surface area contributed by atoms with E-state index in [1.165, 1.54) is 0 Å². The third kappa shape index (κ3) is 5.16. The van der Waals surface area contributed by atoms with Gasteiger partial charge in [0.25, 0.3) is 0 Å². The number of rotatable bonds is 7. The van der Waals surface area contributed by atoms with E-state index in [0.717, 1.165) is 54.3 Å². The van der Waals surface area contributed by atoms with Crippen LogP contribution in [0.5, 0.6) is 0 Å². The van der Waals surface area contributed by atoms with E-state index in [0.29, 0.717) is 41.0 Å². The van der Waals surface area contributed by atoms with Gasteiger partial charge in [-0.05, 0) is 67.5 Å². The maximum Gasteiger partial charge on any atom is 0.243 e. The van der Waals surface area contributed by atoms with Gasteiger partial charge in [0.15, 0.2) is 5.16 Å². The van der Waals surface area contributed by atoms with Crippen LogP contribution in [0.25, 0.3) is 11.0 Å². The van der Waals surface area contributed by atoms with Crippen molar-refractivity contribution in [3.63, 3.8) is 0 Å². The van der Waals surface area contributed by atoms with Crippen LogP contribution in [-0.4, -0.2) is 48.1 Å². The first-order valence-electron chi connectivity index (χ1n) is 11.9. The number of fused-ring (bicyclic) bond motifs is 1. The molecule has 34 heavy (non-hydrogen) atoms. The summed E-state index contributed by atoms with van der Waals surface area (Å²) in [5.74, 6) is 1.11. The minimum absolute atomic E-state index is 0.154. The lowest BCUT2D eigenvalue weighted by Gasteiger charge is -2.30. The first-order valence-corrected chi connectivity index (χ1v) is 14.7. The highest BCUT2D eigenvalue weighted by atomic mass is 35.5. The quantitative estimate of drug-likeness (QED) is 0.381. The fraction of sp³-hybridized carbons (Fsp3) is 0.480. The van der Waals surface area contributed by atoms with Gasteiger partial charge >= 0.3 is 0 Å². The lowest BCUT2D eigenvalue weighted by molar-refractivity contribution is 0.0960. The Kier molecular flexibility index (Phi) is 7.23. The summed E-state index contributed by atoms with van der Waals surface area (Å²) >= 11 is 7.80. The van der Waals surface area contributed by atoms with E-state index in [-0.39, 0.29) is 6.10 Å². The van der Waals surface area contributed by atoms with E-state index in [2.05, 4.69) is 17.6 Å². The molecule has 0 unspecified atom stereocenters. The van der Waals surface area contributed by atoms with Gasteiger partial charge in [-0.1, -0.05) is 42.4 Å². The Labute approximate surface area is 210 Å². The minimum Gasteiger partial charge on any atom is -0.376 e. The van der Waals surface area contributed by atoms with E-state index < -0.39 is 10.0 Å². The number of hydrogen-bond acceptors (Lipinski definition) is 5. The molecule has 6 nitrogen and oxygen atoms in total. The Balaban J connectivity index is 1.47. The molecule has 3 aromatic rings. The number of piperidine rings is 1. The van der Waals surface area contributed by atoms with Gasteiger partial charge < -0.3 is 9.30 Å². The molecule has 2 aliphatic rings. The molecule has 0 saturated carbocycles. The van der Waals surface area contributed by atoms with Crippen molar-refractivity contribution >= 4 is 44.4 Å². The van der Waals surface area contributed by atoms with Crippen molar-refractivity contribution in [2.75, 3.05) is 19.7 Å². The molecule has 9 heteroatoms. The molecule has 3 heterocycles. The second kappa shape index (κ2) is 10.2. The smallest absolute Gasteiger partial charge is 0.243 e. The molecule has 2 aromatic carbocycles. The molecule has 182 valence electrons. The third-order valence-electron chi connectivity index (χ3n) is 6.61. The van der Waals surface area contributed by atoms with E-state index in [9.17, 15) is 8.42 Å². The van der Waals surface area contributed by atoms with Gasteiger partial charge in [0.05, 0.1) is 28.6 Å². The van der Waals surface area contributed by atoms with Crippen molar-refractivity contribution in [1.29, 1.82) is 0 Å². The van der Waals surface area contributed by atoms with E-state index in [1.807, 2.05) is 24.3 Å². The number of thioether (sulfide) groups is 1. The molecule has 1 aromatic heterocycles. The Morgan fingerprint density at radius 3 is 2.82 bits per heavy atom. The average Bonchev–Trinajstić information content (AvgIpc) is 3.46. The highest BCUT2D eigenvalue weighted by molar-refractivity contribution is 7.98. The van der Waals surface area contributed by atoms with Crippen molar-refractivity contribution in [2.24, 2.45) is 5.92 Å². The fourth-order valence-electron chi connectivity index (χ4n) is 4.81. The normalized spacial score (nSPS) is 21.9. The first-order chi connectivity index (χ1) is 16.4. The van der Waals surface area contributed by atoms with Crippen LogP contribution in [0.3, 0.4) is 0 Å². The van der Waals surface area contributed by atoms with E-state index >= 15 is 0 Å². The SMILES string of the molecule is C[C@H]1CCCN(S(=O)(=O)c2ccc3c(c2)nc(SCc2cccc(Cl)c2)n3C[C@H]2CCCO2)C1. The van der Waals surface area contributed by atoms with Gasteiger partial charge in [-0.3, -0.25) is 0 Å². The van der Waals surface area contributed by atoms with Crippen LogP contribution in [0.2, 0.25) is 5.02 Å². The molecular formula is C25H30ClN3O3S2. The summed E-state index contributed by atoms with van der Waals surface area (Å²) < 4.78 is 36.4. The third-order valence-corrected chi connectivity index (χ3v) is 9.75. The number of halogens is 1. The highest BCUT2D eigenvalue weighted by Gasteiger charge is 2.29. The summed E-state index contributed by atoms with van der Waals surface area (Å²) in [5.41, 5.74) is 2.77. The lowest BCUT2D eigenvalue weighted by Crippen LogP contribution is -2.39. The zero-order valence-electron chi connectivity index (χ0n) is 19.3. The summed E-state index contributed by atoms with van der Waals surface area (Å²) in [4.78, 5) is 5.20. The van der Waals surface area contributed by atoms with E-state index in [4.69, 9.17) is 21.3 Å². The Bertz CT molecular complexity index is 1270. The Morgan fingerprint density at radius 1 is 1.18 bits per heavy atom. The first kappa shape index (κ1) is 24.1. The zero-order valence-corrected chi connectivity index (χ0v) is 21.7. The van der Waals surface area contributed by atoms with Crippen LogP contribution >= 0.6 is 23.4 Å². The molecular weight excluding hydrogens is 490 g/mol. The van der Waals surface area contributed by atoms with Gasteiger partial charge in [0, 0.05) is 30.5 Å². The maximum absolute atomic E-state index is 13.3. The number of benzene rings is 2. The highest BCUT2D eigenvalue weighted by Crippen LogP contribution is 2.32. The van der Waals surface area contributed by atoms with Crippen LogP contribution in [0.4, 0.5) is 0 Å². The number of ether oxygens (including phenoxy) is 1. The molecule has 0 aliphatic carbocycles. The van der Waals surface area contributed by atoms with Crippen LogP contribution in [0, 0.1) is 5.92 Å². The van der Waals surface area contributed by atoms with Crippen LogP contribution in [0.1, 0.15) is 38.2 Å². The molecule has 0 amide bonds. The second-order valence-electron chi connectivity index (χ2n) is 9.32. The maximum atomic E-state index is 13.3. The molecule has 0 N–H and O–H groups in total. The number of aromatic nitrogens is 2. The van der Waals surface area contributed by atoms with Crippen molar-refractivity contribution in [1.82, 2.24) is 13.9 Å². The predicted octanol–water partition coefficient (Wildman–Crippen LogP) is 5.58. The van der Waals surface area contributed by atoms with Crippen LogP contribution in [-0.2, 0) is 27.1 Å². The number of sulfonamides is 1. The molecule has 0 bridgehead atoms. The summed E-state index contributed by atoms with van der Waals surface area (Å²) in [6.07, 6.45) is 4.23. The van der Waals surface area contributed by atoms with Crippen molar-refractivity contribution in [2.45, 2.75) is 61.1 Å². The molecule has 0 spiro atoms. The summed E-state index contributed by atoms with van der Waals surface area (Å²) in [6, 6.07) is 13.2. The largest absolute Gasteiger partial charge is 0.376 e. The minimum atomic E-state index is -3.53. The zero-order chi connectivity index (χ0) is 23.7. The molecule has 5 rings (SSSR count). The van der Waals surface area contributed by atoms with Crippen molar-refractivity contribution in [3.05, 3.63) is 53.1 Å². The standard InChI is InChI=1S/C25H30ClN3O3S2/c1-18-5-3-11-28(15-18)34(30,31)22-9-10-24-23(14-22)27-25(29(24)16-21-8-4-12-32-21)33-17-19-6-2-7-20(26)13-19/h2,6-7,9-10,13-14,18,21H,3-5,8,11-12,15-17H2,1H3/t18-,21+/m0/s1. The fourth-order valence-corrected chi connectivity index (χ4v) is 7.61. The van der Waals surface area contributed by atoms with Gasteiger partial charge in [-0.15, -0.1) is 0 Å². The molecule has 2 aliphatic heterocycles.